The molecule has 0 bridgehead atoms. The number of carbonyl (C=O) groups is 1. The number of carbonyl (C=O) groups excluding carboxylic acids is 1. The number of piperidine rings is 1. The van der Waals surface area contributed by atoms with Crippen LogP contribution in [0.1, 0.15) is 38.5 Å². The van der Waals surface area contributed by atoms with Gasteiger partial charge < -0.3 is 5.32 Å². The van der Waals surface area contributed by atoms with Crippen LogP contribution in [0.3, 0.4) is 0 Å². The van der Waals surface area contributed by atoms with Crippen molar-refractivity contribution in [3.05, 3.63) is 24.3 Å². The summed E-state index contributed by atoms with van der Waals surface area (Å²) in [6.45, 7) is 1.52. The van der Waals surface area contributed by atoms with Crippen molar-refractivity contribution in [1.29, 1.82) is 0 Å². The lowest BCUT2D eigenvalue weighted by atomic mass is 9.97. The molecule has 8 heteroatoms. The van der Waals surface area contributed by atoms with Crippen LogP contribution < -0.4 is 5.32 Å². The van der Waals surface area contributed by atoms with Gasteiger partial charge in [-0.05, 0) is 56.2 Å². The van der Waals surface area contributed by atoms with Crippen LogP contribution in [0.5, 0.6) is 0 Å². The monoisotopic (exact) mass is 442 g/mol. The van der Waals surface area contributed by atoms with E-state index in [-0.39, 0.29) is 11.8 Å². The molecule has 5 nitrogen and oxygen atoms in total. The molecule has 1 aromatic rings. The van der Waals surface area contributed by atoms with E-state index in [2.05, 4.69) is 5.32 Å². The number of hydrogen-bond acceptors (Lipinski definition) is 5. The van der Waals surface area contributed by atoms with E-state index in [0.29, 0.717) is 37.4 Å². The Morgan fingerprint density at radius 1 is 1.11 bits per heavy atom. The molecule has 2 fully saturated rings. The Bertz CT molecular complexity index is 738. The number of hydrogen-bond donors (Lipinski definition) is 1. The summed E-state index contributed by atoms with van der Waals surface area (Å²) in [7, 11) is -3.48. The van der Waals surface area contributed by atoms with Gasteiger partial charge in [-0.2, -0.15) is 16.1 Å². The van der Waals surface area contributed by atoms with E-state index in [1.165, 1.54) is 30.0 Å². The minimum Gasteiger partial charge on any atom is -0.355 e. The van der Waals surface area contributed by atoms with Crippen LogP contribution in [0, 0.1) is 5.92 Å². The lowest BCUT2D eigenvalue weighted by Gasteiger charge is -2.30. The van der Waals surface area contributed by atoms with Crippen molar-refractivity contribution < 1.29 is 13.2 Å². The molecule has 1 aromatic carbocycles. The molecule has 3 rings (SSSR count). The molecule has 1 aliphatic carbocycles. The van der Waals surface area contributed by atoms with Crippen LogP contribution >= 0.6 is 23.5 Å². The Balaban J connectivity index is 1.43. The van der Waals surface area contributed by atoms with Gasteiger partial charge in [0.1, 0.15) is 0 Å². The molecule has 1 saturated carbocycles. The minimum absolute atomic E-state index is 0.0772. The Morgan fingerprint density at radius 2 is 1.75 bits per heavy atom. The van der Waals surface area contributed by atoms with Gasteiger partial charge in [-0.1, -0.05) is 12.8 Å². The maximum atomic E-state index is 12.8. The number of rotatable bonds is 8. The molecule has 0 aromatic heterocycles. The smallest absolute Gasteiger partial charge is 0.243 e. The van der Waals surface area contributed by atoms with E-state index in [4.69, 9.17) is 0 Å². The third kappa shape index (κ3) is 5.68. The van der Waals surface area contributed by atoms with Crippen molar-refractivity contribution in [3.63, 3.8) is 0 Å². The van der Waals surface area contributed by atoms with E-state index in [9.17, 15) is 13.2 Å². The molecule has 156 valence electrons. The summed E-state index contributed by atoms with van der Waals surface area (Å²) in [5.41, 5.74) is 0. The fourth-order valence-corrected chi connectivity index (χ4v) is 6.95. The largest absolute Gasteiger partial charge is 0.355 e. The number of benzene rings is 1. The molecule has 1 aliphatic heterocycles. The lowest BCUT2D eigenvalue weighted by Crippen LogP contribution is -2.43. The summed E-state index contributed by atoms with van der Waals surface area (Å²) in [5, 5.41) is 3.82. The van der Waals surface area contributed by atoms with Crippen molar-refractivity contribution in [3.8, 4) is 0 Å². The Morgan fingerprint density at radius 3 is 2.36 bits per heavy atom. The first kappa shape index (κ1) is 22.0. The van der Waals surface area contributed by atoms with Crippen LogP contribution in [-0.2, 0) is 14.8 Å². The number of nitrogens with one attached hydrogen (secondary N) is 1. The summed E-state index contributed by atoms with van der Waals surface area (Å²) in [5.74, 6) is 0.963. The van der Waals surface area contributed by atoms with E-state index >= 15 is 0 Å². The predicted molar refractivity (Wildman–Crippen MR) is 117 cm³/mol. The van der Waals surface area contributed by atoms with Crippen molar-refractivity contribution in [1.82, 2.24) is 9.62 Å². The van der Waals surface area contributed by atoms with Gasteiger partial charge >= 0.3 is 0 Å². The minimum atomic E-state index is -3.48. The number of sulfonamides is 1. The molecule has 1 saturated heterocycles. The van der Waals surface area contributed by atoms with Gasteiger partial charge in [-0.25, -0.2) is 8.42 Å². The van der Waals surface area contributed by atoms with Gasteiger partial charge in [0.15, 0.2) is 0 Å². The second kappa shape index (κ2) is 10.4. The summed E-state index contributed by atoms with van der Waals surface area (Å²) in [6.07, 6.45) is 8.44. The van der Waals surface area contributed by atoms with E-state index in [1.54, 1.807) is 23.9 Å². The number of amides is 1. The first-order valence-electron chi connectivity index (χ1n) is 10.0. The Hall–Kier alpha value is -0.700. The first-order chi connectivity index (χ1) is 13.5. The zero-order valence-corrected chi connectivity index (χ0v) is 18.9. The molecule has 2 aliphatic rings. The zero-order chi connectivity index (χ0) is 20.0. The average molecular weight is 443 g/mol. The fourth-order valence-electron chi connectivity index (χ4n) is 3.85. The standard InChI is InChI=1S/C20H30N2O3S3/c1-26-17-6-8-19(9-7-17)28(24,25)22-13-10-16(11-14-22)20(23)21-12-15-27-18-4-2-3-5-18/h6-9,16,18H,2-5,10-15H2,1H3,(H,21,23). The van der Waals surface area contributed by atoms with Crippen molar-refractivity contribution >= 4 is 39.5 Å². The SMILES string of the molecule is CSc1ccc(S(=O)(=O)N2CCC(C(=O)NCCSC3CCCC3)CC2)cc1. The Kier molecular flexibility index (Phi) is 8.14. The quantitative estimate of drug-likeness (QED) is 0.492. The second-order valence-electron chi connectivity index (χ2n) is 7.42. The number of nitrogens with zero attached hydrogens (tertiary/aromatic N) is 1. The molecule has 0 spiro atoms. The van der Waals surface area contributed by atoms with Crippen LogP contribution in [0.2, 0.25) is 0 Å². The molecular weight excluding hydrogens is 412 g/mol. The molecule has 0 radical (unpaired) electrons. The van der Waals surface area contributed by atoms with Crippen molar-refractivity contribution in [2.75, 3.05) is 31.6 Å². The van der Waals surface area contributed by atoms with Crippen LogP contribution in [0.25, 0.3) is 0 Å². The van der Waals surface area contributed by atoms with Crippen molar-refractivity contribution in [2.24, 2.45) is 5.92 Å². The van der Waals surface area contributed by atoms with E-state index < -0.39 is 10.0 Å². The summed E-state index contributed by atoms with van der Waals surface area (Å²) in [6, 6.07) is 7.01. The van der Waals surface area contributed by atoms with Gasteiger partial charge in [0.2, 0.25) is 15.9 Å². The highest BCUT2D eigenvalue weighted by Crippen LogP contribution is 2.29. The molecule has 1 N–H and O–H groups in total. The second-order valence-corrected chi connectivity index (χ2v) is 11.6. The third-order valence-electron chi connectivity index (χ3n) is 5.58. The summed E-state index contributed by atoms with van der Waals surface area (Å²) < 4.78 is 27.1. The van der Waals surface area contributed by atoms with Gasteiger partial charge in [0, 0.05) is 41.5 Å². The molecule has 0 unspecified atom stereocenters. The maximum absolute atomic E-state index is 12.8. The highest BCUT2D eigenvalue weighted by molar-refractivity contribution is 7.99. The zero-order valence-electron chi connectivity index (χ0n) is 16.4. The van der Waals surface area contributed by atoms with Crippen LogP contribution in [0.4, 0.5) is 0 Å². The molecule has 1 amide bonds. The molecule has 1 heterocycles. The normalized spacial score (nSPS) is 19.8. The summed E-state index contributed by atoms with van der Waals surface area (Å²) in [4.78, 5) is 13.8. The van der Waals surface area contributed by atoms with E-state index in [1.807, 2.05) is 30.2 Å². The van der Waals surface area contributed by atoms with E-state index in [0.717, 1.165) is 15.9 Å². The average Bonchev–Trinajstić information content (AvgIpc) is 3.25. The van der Waals surface area contributed by atoms with Crippen LogP contribution in [0.15, 0.2) is 34.1 Å². The molecular formula is C20H30N2O3S3. The van der Waals surface area contributed by atoms with Gasteiger partial charge in [0.05, 0.1) is 4.90 Å². The Labute approximate surface area is 177 Å². The molecule has 0 atom stereocenters. The number of thioether (sulfide) groups is 2. The van der Waals surface area contributed by atoms with Crippen molar-refractivity contribution in [2.45, 2.75) is 53.6 Å². The highest BCUT2D eigenvalue weighted by Gasteiger charge is 2.32. The van der Waals surface area contributed by atoms with Gasteiger partial charge in [0.25, 0.3) is 0 Å². The molecule has 28 heavy (non-hydrogen) atoms. The highest BCUT2D eigenvalue weighted by atomic mass is 32.2. The third-order valence-corrected chi connectivity index (χ3v) is 9.62. The maximum Gasteiger partial charge on any atom is 0.243 e. The van der Waals surface area contributed by atoms with Gasteiger partial charge in [-0.15, -0.1) is 11.8 Å². The first-order valence-corrected chi connectivity index (χ1v) is 13.8. The predicted octanol–water partition coefficient (Wildman–Crippen LogP) is 3.60. The van der Waals surface area contributed by atoms with Gasteiger partial charge in [-0.3, -0.25) is 4.79 Å². The topological polar surface area (TPSA) is 66.5 Å². The summed E-state index contributed by atoms with van der Waals surface area (Å²) >= 11 is 3.56. The lowest BCUT2D eigenvalue weighted by molar-refractivity contribution is -0.125. The fraction of sp³-hybridized carbons (Fsp3) is 0.650. The van der Waals surface area contributed by atoms with Crippen LogP contribution in [-0.4, -0.2) is 55.5 Å².